The van der Waals surface area contributed by atoms with Gasteiger partial charge in [-0.3, -0.25) is 9.59 Å². The van der Waals surface area contributed by atoms with Crippen LogP contribution in [-0.2, 0) is 14.4 Å². The van der Waals surface area contributed by atoms with E-state index in [1.54, 1.807) is 13.8 Å². The maximum Gasteiger partial charge on any atom is 1.00 e. The Bertz CT molecular complexity index is 518. The molecule has 168 valence electrons. The number of quaternary nitrogens is 1. The second-order valence-corrected chi connectivity index (χ2v) is 7.56. The van der Waals surface area contributed by atoms with Gasteiger partial charge in [0.1, 0.15) is 12.5 Å². The summed E-state index contributed by atoms with van der Waals surface area (Å²) in [4.78, 5) is 35.1. The monoisotopic (exact) mass is 421 g/mol. The molecule has 0 aliphatic rings. The number of nitrogens with zero attached hydrogens (tertiary/aromatic N) is 1. The van der Waals surface area contributed by atoms with Crippen LogP contribution in [0.4, 0.5) is 0 Å². The predicted octanol–water partition coefficient (Wildman–Crippen LogP) is -2.45. The second kappa shape index (κ2) is 17.4. The first kappa shape index (κ1) is 30.9. The van der Waals surface area contributed by atoms with Gasteiger partial charge in [0.15, 0.2) is 0 Å². The number of nitrogens with one attached hydrogen (secondary N) is 1. The molecule has 30 heavy (non-hydrogen) atoms. The number of carbonyl (C=O) groups is 3. The summed E-state index contributed by atoms with van der Waals surface area (Å²) in [6, 6.07) is 0. The molecule has 3 unspecified atom stereocenters. The molecule has 1 amide bonds. The molecule has 0 aromatic heterocycles. The van der Waals surface area contributed by atoms with E-state index in [4.69, 9.17) is 0 Å². The first-order valence-electron chi connectivity index (χ1n) is 10.5. The van der Waals surface area contributed by atoms with Crippen LogP contribution >= 0.6 is 0 Å². The smallest absolute Gasteiger partial charge is 0.550 e. The Morgan fingerprint density at radius 2 is 1.70 bits per heavy atom. The Hall–Kier alpha value is -1.33. The number of rotatable bonds is 17. The zero-order valence-corrected chi connectivity index (χ0v) is 19.1. The summed E-state index contributed by atoms with van der Waals surface area (Å²) in [6.45, 7) is 6.49. The summed E-state index contributed by atoms with van der Waals surface area (Å²) in [5, 5.41) is 33.4. The fourth-order valence-corrected chi connectivity index (χ4v) is 3.52. The van der Waals surface area contributed by atoms with E-state index in [-0.39, 0.29) is 55.5 Å². The third kappa shape index (κ3) is 12.4. The normalized spacial score (nSPS) is 15.1. The molecule has 0 aromatic carbocycles. The van der Waals surface area contributed by atoms with Crippen molar-refractivity contribution >= 4 is 17.8 Å². The van der Waals surface area contributed by atoms with Crippen LogP contribution < -0.4 is 29.3 Å². The van der Waals surface area contributed by atoms with E-state index in [1.165, 1.54) is 0 Å². The Morgan fingerprint density at radius 3 is 2.17 bits per heavy atom. The van der Waals surface area contributed by atoms with Gasteiger partial charge in [0, 0.05) is 12.3 Å². The molecular formula is C21H38LiN2O6+. The van der Waals surface area contributed by atoms with Crippen molar-refractivity contribution in [2.24, 2.45) is 11.8 Å². The summed E-state index contributed by atoms with van der Waals surface area (Å²) in [5.41, 5.74) is 0. The molecule has 0 fully saturated rings. The van der Waals surface area contributed by atoms with Gasteiger partial charge in [-0.2, -0.15) is 0 Å². The van der Waals surface area contributed by atoms with Crippen LogP contribution in [0.5, 0.6) is 0 Å². The number of carboxylic acids is 2. The zero-order valence-electron chi connectivity index (χ0n) is 19.1. The largest absolute Gasteiger partial charge is 1.00 e. The van der Waals surface area contributed by atoms with E-state index in [1.807, 2.05) is 19.1 Å². The molecule has 3 N–H and O–H groups in total. The SMILES string of the molecule is C/C=C/CCCC(=O)NCC[N+](CCO)(CC(CC)C(=O)[O-])CC(CC)C(=O)O.[Li+]. The van der Waals surface area contributed by atoms with E-state index in [9.17, 15) is 29.7 Å². The molecule has 3 atom stereocenters. The fourth-order valence-electron chi connectivity index (χ4n) is 3.52. The Kier molecular flexibility index (Phi) is 17.9. The number of hydrogen-bond acceptors (Lipinski definition) is 5. The third-order valence-electron chi connectivity index (χ3n) is 5.38. The van der Waals surface area contributed by atoms with Crippen LogP contribution in [0.2, 0.25) is 0 Å². The fraction of sp³-hybridized carbons (Fsp3) is 0.762. The minimum absolute atomic E-state index is 0. The number of carbonyl (C=O) groups excluding carboxylic acids is 2. The van der Waals surface area contributed by atoms with Gasteiger partial charge >= 0.3 is 24.8 Å². The average Bonchev–Trinajstić information content (AvgIpc) is 2.67. The molecule has 0 heterocycles. The number of allylic oxidation sites excluding steroid dienone is 2. The summed E-state index contributed by atoms with van der Waals surface area (Å²) < 4.78 is 0.118. The van der Waals surface area contributed by atoms with Gasteiger partial charge in [-0.1, -0.05) is 26.0 Å². The number of aliphatic hydroxyl groups is 1. The van der Waals surface area contributed by atoms with Crippen molar-refractivity contribution in [3.63, 3.8) is 0 Å². The first-order chi connectivity index (χ1) is 13.7. The number of hydrogen-bond donors (Lipinski definition) is 3. The summed E-state index contributed by atoms with van der Waals surface area (Å²) in [7, 11) is 0. The van der Waals surface area contributed by atoms with Crippen molar-refractivity contribution in [2.45, 2.75) is 52.9 Å². The standard InChI is InChI=1S/C21H38N2O6.Li/c1-4-7-8-9-10-19(25)22-11-12-23(13-14-24,15-17(5-2)20(26)27)16-18(6-3)21(28)29;/h4,7,17-18,24H,5-6,8-16H2,1-3H3,(H2-,22,25,26,27,28,29);/q;+1/b7-4+;. The van der Waals surface area contributed by atoms with Crippen molar-refractivity contribution in [1.29, 1.82) is 0 Å². The molecule has 8 nitrogen and oxygen atoms in total. The van der Waals surface area contributed by atoms with Crippen LogP contribution in [-0.4, -0.2) is 71.9 Å². The molecule has 0 spiro atoms. The average molecular weight is 421 g/mol. The van der Waals surface area contributed by atoms with Crippen molar-refractivity contribution in [1.82, 2.24) is 5.32 Å². The Labute approximate surface area is 192 Å². The summed E-state index contributed by atoms with van der Waals surface area (Å²) >= 11 is 0. The van der Waals surface area contributed by atoms with Crippen molar-refractivity contribution < 1.29 is 53.0 Å². The van der Waals surface area contributed by atoms with Crippen molar-refractivity contribution in [3.8, 4) is 0 Å². The molecule has 0 radical (unpaired) electrons. The minimum atomic E-state index is -1.18. The number of aliphatic hydroxyl groups excluding tert-OH is 1. The van der Waals surface area contributed by atoms with Gasteiger partial charge in [-0.15, -0.1) is 0 Å². The summed E-state index contributed by atoms with van der Waals surface area (Å²) in [5.74, 6) is -3.61. The molecule has 0 saturated carbocycles. The van der Waals surface area contributed by atoms with Gasteiger partial charge in [-0.05, 0) is 32.6 Å². The number of aliphatic carboxylic acids is 2. The molecule has 0 aromatic rings. The summed E-state index contributed by atoms with van der Waals surface area (Å²) in [6.07, 6.45) is 6.66. The zero-order chi connectivity index (χ0) is 22.3. The van der Waals surface area contributed by atoms with Gasteiger partial charge in [0.25, 0.3) is 0 Å². The second-order valence-electron chi connectivity index (χ2n) is 7.56. The maximum absolute atomic E-state index is 12.0. The van der Waals surface area contributed by atoms with E-state index < -0.39 is 23.8 Å². The molecule has 0 aliphatic carbocycles. The predicted molar refractivity (Wildman–Crippen MR) is 109 cm³/mol. The molecule has 0 rings (SSSR count). The van der Waals surface area contributed by atoms with E-state index in [0.717, 1.165) is 12.8 Å². The van der Waals surface area contributed by atoms with Crippen LogP contribution in [0.3, 0.4) is 0 Å². The van der Waals surface area contributed by atoms with Crippen LogP contribution in [0, 0.1) is 11.8 Å². The van der Waals surface area contributed by atoms with Gasteiger partial charge in [0.2, 0.25) is 5.91 Å². The van der Waals surface area contributed by atoms with Crippen molar-refractivity contribution in [2.75, 3.05) is 39.3 Å². The van der Waals surface area contributed by atoms with Crippen LogP contribution in [0.1, 0.15) is 52.9 Å². The van der Waals surface area contributed by atoms with Gasteiger partial charge in [-0.25, -0.2) is 0 Å². The molecule has 0 aliphatic heterocycles. The third-order valence-corrected chi connectivity index (χ3v) is 5.38. The van der Waals surface area contributed by atoms with Crippen LogP contribution in [0.15, 0.2) is 12.2 Å². The number of carboxylic acid groups (broad SMARTS) is 2. The molecule has 0 saturated heterocycles. The number of unbranched alkanes of at least 4 members (excludes halogenated alkanes) is 1. The van der Waals surface area contributed by atoms with E-state index >= 15 is 0 Å². The van der Waals surface area contributed by atoms with Crippen LogP contribution in [0.25, 0.3) is 0 Å². The van der Waals surface area contributed by atoms with E-state index in [2.05, 4.69) is 5.32 Å². The maximum atomic E-state index is 12.0. The van der Waals surface area contributed by atoms with E-state index in [0.29, 0.717) is 32.4 Å². The Balaban J connectivity index is 0. The van der Waals surface area contributed by atoms with Crippen molar-refractivity contribution in [3.05, 3.63) is 12.2 Å². The number of amides is 1. The molecular weight excluding hydrogens is 383 g/mol. The van der Waals surface area contributed by atoms with Gasteiger partial charge in [0.05, 0.1) is 38.8 Å². The first-order valence-corrected chi connectivity index (χ1v) is 10.5. The quantitative estimate of drug-likeness (QED) is 0.104. The topological polar surface area (TPSA) is 127 Å². The van der Waals surface area contributed by atoms with Gasteiger partial charge < -0.3 is 29.9 Å². The Morgan fingerprint density at radius 1 is 1.10 bits per heavy atom. The minimum Gasteiger partial charge on any atom is -0.550 e. The molecule has 9 heteroatoms. The molecule has 0 bridgehead atoms.